The van der Waals surface area contributed by atoms with Gasteiger partial charge in [0.25, 0.3) is 5.91 Å². The Morgan fingerprint density at radius 1 is 1.29 bits per heavy atom. The van der Waals surface area contributed by atoms with E-state index >= 15 is 0 Å². The molecule has 0 saturated heterocycles. The molecular weight excluding hydrogens is 236 g/mol. The second-order valence-electron chi connectivity index (χ2n) is 4.59. The molecule has 4 heteroatoms. The Morgan fingerprint density at radius 3 is 2.24 bits per heavy atom. The van der Waals surface area contributed by atoms with Crippen molar-refractivity contribution in [1.82, 2.24) is 5.32 Å². The summed E-state index contributed by atoms with van der Waals surface area (Å²) in [5.74, 6) is -0.0320. The summed E-state index contributed by atoms with van der Waals surface area (Å²) in [5.41, 5.74) is 7.05. The van der Waals surface area contributed by atoms with Crippen molar-refractivity contribution < 1.29 is 4.79 Å². The molecule has 17 heavy (non-hydrogen) atoms. The zero-order valence-electron chi connectivity index (χ0n) is 10.6. The van der Waals surface area contributed by atoms with E-state index in [1.54, 1.807) is 0 Å². The van der Waals surface area contributed by atoms with Gasteiger partial charge in [-0.15, -0.1) is 12.4 Å². The molecule has 0 aliphatic carbocycles. The van der Waals surface area contributed by atoms with Gasteiger partial charge >= 0.3 is 0 Å². The largest absolute Gasteiger partial charge is 0.347 e. The molecule has 96 valence electrons. The van der Waals surface area contributed by atoms with E-state index in [1.165, 1.54) is 0 Å². The van der Waals surface area contributed by atoms with E-state index < -0.39 is 0 Å². The highest BCUT2D eigenvalue weighted by molar-refractivity contribution is 5.94. The maximum Gasteiger partial charge on any atom is 0.251 e. The molecule has 0 fully saturated rings. The fourth-order valence-electron chi connectivity index (χ4n) is 1.26. The predicted molar refractivity (Wildman–Crippen MR) is 73.4 cm³/mol. The Morgan fingerprint density at radius 2 is 1.82 bits per heavy atom. The maximum atomic E-state index is 11.9. The van der Waals surface area contributed by atoms with Gasteiger partial charge in [-0.3, -0.25) is 4.79 Å². The van der Waals surface area contributed by atoms with Crippen LogP contribution in [-0.2, 0) is 6.54 Å². The molecule has 3 nitrogen and oxygen atoms in total. The molecule has 0 spiro atoms. The SMILES string of the molecule is CCC(C)(C)NC(=O)c1ccc(CN)cc1.Cl. The number of nitrogens with one attached hydrogen (secondary N) is 1. The van der Waals surface area contributed by atoms with Crippen molar-refractivity contribution in [3.63, 3.8) is 0 Å². The van der Waals surface area contributed by atoms with Crippen LogP contribution in [0.15, 0.2) is 24.3 Å². The highest BCUT2D eigenvalue weighted by Gasteiger charge is 2.18. The van der Waals surface area contributed by atoms with Crippen LogP contribution in [0.25, 0.3) is 0 Å². The summed E-state index contributed by atoms with van der Waals surface area (Å²) in [6.07, 6.45) is 0.902. The average molecular weight is 257 g/mol. The van der Waals surface area contributed by atoms with Crippen molar-refractivity contribution in [3.8, 4) is 0 Å². The second-order valence-corrected chi connectivity index (χ2v) is 4.59. The number of hydrogen-bond acceptors (Lipinski definition) is 2. The van der Waals surface area contributed by atoms with Gasteiger partial charge in [0.05, 0.1) is 0 Å². The Labute approximate surface area is 109 Å². The third-order valence-corrected chi connectivity index (χ3v) is 2.79. The molecule has 0 bridgehead atoms. The zero-order valence-corrected chi connectivity index (χ0v) is 11.4. The number of rotatable bonds is 4. The molecule has 1 aromatic carbocycles. The Hall–Kier alpha value is -1.06. The first-order valence-electron chi connectivity index (χ1n) is 5.60. The average Bonchev–Trinajstić information content (AvgIpc) is 2.28. The van der Waals surface area contributed by atoms with Crippen molar-refractivity contribution in [3.05, 3.63) is 35.4 Å². The van der Waals surface area contributed by atoms with Crippen molar-refractivity contribution >= 4 is 18.3 Å². The van der Waals surface area contributed by atoms with Gasteiger partial charge < -0.3 is 11.1 Å². The van der Waals surface area contributed by atoms with E-state index in [1.807, 2.05) is 38.1 Å². The van der Waals surface area contributed by atoms with Gasteiger partial charge in [0.2, 0.25) is 0 Å². The van der Waals surface area contributed by atoms with Gasteiger partial charge in [0, 0.05) is 17.6 Å². The van der Waals surface area contributed by atoms with E-state index in [0.29, 0.717) is 12.1 Å². The van der Waals surface area contributed by atoms with Crippen LogP contribution in [-0.4, -0.2) is 11.4 Å². The summed E-state index contributed by atoms with van der Waals surface area (Å²) in [7, 11) is 0. The highest BCUT2D eigenvalue weighted by atomic mass is 35.5. The summed E-state index contributed by atoms with van der Waals surface area (Å²) >= 11 is 0. The van der Waals surface area contributed by atoms with Gasteiger partial charge in [-0.1, -0.05) is 19.1 Å². The van der Waals surface area contributed by atoms with Crippen LogP contribution in [0.4, 0.5) is 0 Å². The van der Waals surface area contributed by atoms with E-state index in [-0.39, 0.29) is 23.9 Å². The normalized spacial score (nSPS) is 10.6. The first-order chi connectivity index (χ1) is 7.48. The molecule has 0 atom stereocenters. The van der Waals surface area contributed by atoms with E-state index in [9.17, 15) is 4.79 Å². The number of carbonyl (C=O) groups excluding carboxylic acids is 1. The number of amides is 1. The molecule has 1 aromatic rings. The minimum absolute atomic E-state index is 0. The van der Waals surface area contributed by atoms with Gasteiger partial charge in [0.15, 0.2) is 0 Å². The fraction of sp³-hybridized carbons (Fsp3) is 0.462. The highest BCUT2D eigenvalue weighted by Crippen LogP contribution is 2.10. The Bertz CT molecular complexity index is 360. The summed E-state index contributed by atoms with van der Waals surface area (Å²) in [4.78, 5) is 11.9. The van der Waals surface area contributed by atoms with Gasteiger partial charge in [-0.05, 0) is 38.0 Å². The summed E-state index contributed by atoms with van der Waals surface area (Å²) in [6.45, 7) is 6.58. The summed E-state index contributed by atoms with van der Waals surface area (Å²) in [5, 5.41) is 2.99. The third-order valence-electron chi connectivity index (χ3n) is 2.79. The molecule has 0 unspecified atom stereocenters. The molecule has 3 N–H and O–H groups in total. The standard InChI is InChI=1S/C13H20N2O.ClH/c1-4-13(2,3)15-12(16)11-7-5-10(9-14)6-8-11;/h5-8H,4,9,14H2,1-3H3,(H,15,16);1H. The first kappa shape index (κ1) is 15.9. The van der Waals surface area contributed by atoms with Crippen LogP contribution in [0.5, 0.6) is 0 Å². The molecule has 0 saturated carbocycles. The molecule has 0 aliphatic rings. The van der Waals surface area contributed by atoms with Crippen LogP contribution in [0.3, 0.4) is 0 Å². The minimum atomic E-state index is -0.163. The number of halogens is 1. The minimum Gasteiger partial charge on any atom is -0.347 e. The second kappa shape index (κ2) is 6.62. The number of hydrogen-bond donors (Lipinski definition) is 2. The lowest BCUT2D eigenvalue weighted by Crippen LogP contribution is -2.42. The van der Waals surface area contributed by atoms with Crippen LogP contribution in [0, 0.1) is 0 Å². The lowest BCUT2D eigenvalue weighted by Gasteiger charge is -2.24. The lowest BCUT2D eigenvalue weighted by molar-refractivity contribution is 0.0911. The summed E-state index contributed by atoms with van der Waals surface area (Å²) in [6, 6.07) is 7.38. The Balaban J connectivity index is 0.00000256. The van der Waals surface area contributed by atoms with Gasteiger partial charge in [-0.25, -0.2) is 0 Å². The third kappa shape index (κ3) is 4.75. The van der Waals surface area contributed by atoms with Gasteiger partial charge in [0.1, 0.15) is 0 Å². The van der Waals surface area contributed by atoms with Crippen LogP contribution >= 0.6 is 12.4 Å². The van der Waals surface area contributed by atoms with E-state index in [2.05, 4.69) is 12.2 Å². The van der Waals surface area contributed by atoms with Crippen LogP contribution in [0.2, 0.25) is 0 Å². The number of benzene rings is 1. The van der Waals surface area contributed by atoms with Crippen molar-refractivity contribution in [2.75, 3.05) is 0 Å². The fourth-order valence-corrected chi connectivity index (χ4v) is 1.26. The topological polar surface area (TPSA) is 55.1 Å². The molecule has 1 rings (SSSR count). The maximum absolute atomic E-state index is 11.9. The molecular formula is C13H21ClN2O. The quantitative estimate of drug-likeness (QED) is 0.870. The monoisotopic (exact) mass is 256 g/mol. The van der Waals surface area contributed by atoms with Gasteiger partial charge in [-0.2, -0.15) is 0 Å². The van der Waals surface area contributed by atoms with E-state index in [4.69, 9.17) is 5.73 Å². The van der Waals surface area contributed by atoms with Crippen molar-refractivity contribution in [2.45, 2.75) is 39.3 Å². The molecule has 0 aliphatic heterocycles. The number of carbonyl (C=O) groups is 1. The van der Waals surface area contributed by atoms with Crippen LogP contribution < -0.4 is 11.1 Å². The lowest BCUT2D eigenvalue weighted by atomic mass is 10.0. The van der Waals surface area contributed by atoms with Crippen molar-refractivity contribution in [1.29, 1.82) is 0 Å². The molecule has 1 amide bonds. The van der Waals surface area contributed by atoms with Crippen molar-refractivity contribution in [2.24, 2.45) is 5.73 Å². The predicted octanol–water partition coefficient (Wildman–Crippen LogP) is 2.49. The smallest absolute Gasteiger partial charge is 0.251 e. The number of nitrogens with two attached hydrogens (primary N) is 1. The first-order valence-corrected chi connectivity index (χ1v) is 5.60. The van der Waals surface area contributed by atoms with E-state index in [0.717, 1.165) is 12.0 Å². The zero-order chi connectivity index (χ0) is 12.2. The molecule has 0 heterocycles. The summed E-state index contributed by atoms with van der Waals surface area (Å²) < 4.78 is 0. The molecule has 0 radical (unpaired) electrons. The van der Waals surface area contributed by atoms with Crippen LogP contribution in [0.1, 0.15) is 43.1 Å². The Kier molecular flexibility index (Phi) is 6.21. The molecule has 0 aromatic heterocycles.